The molecule has 2 heterocycles. The predicted octanol–water partition coefficient (Wildman–Crippen LogP) is 12.2. The highest BCUT2D eigenvalue weighted by Gasteiger charge is 2.39. The largest absolute Gasteiger partial charge is 0.418 e. The molecule has 0 aliphatic carbocycles. The molecule has 0 N–H and O–H groups in total. The van der Waals surface area contributed by atoms with Gasteiger partial charge in [0.2, 0.25) is 0 Å². The number of benzene rings is 6. The maximum atomic E-state index is 15.7. The van der Waals surface area contributed by atoms with E-state index < -0.39 is 23.5 Å². The average molecular weight is 649 g/mol. The van der Waals surface area contributed by atoms with Crippen molar-refractivity contribution in [3.8, 4) is 22.5 Å². The fourth-order valence-electron chi connectivity index (χ4n) is 7.24. The predicted molar refractivity (Wildman–Crippen MR) is 180 cm³/mol. The Hall–Kier alpha value is -5.50. The maximum absolute atomic E-state index is 15.7. The molecule has 0 bridgehead atoms. The van der Waals surface area contributed by atoms with Crippen LogP contribution < -0.4 is 0 Å². The van der Waals surface area contributed by atoms with Gasteiger partial charge < -0.3 is 9.13 Å². The molecule has 2 aromatic heterocycles. The number of nitrogens with zero attached hydrogens (tertiary/aromatic N) is 2. The number of halogens is 6. The summed E-state index contributed by atoms with van der Waals surface area (Å²) in [6, 6.07) is 33.1. The lowest BCUT2D eigenvalue weighted by Gasteiger charge is -2.24. The molecule has 8 rings (SSSR count). The number of para-hydroxylation sites is 4. The Labute approximate surface area is 271 Å². The van der Waals surface area contributed by atoms with Crippen LogP contribution >= 0.6 is 0 Å². The number of alkyl halides is 6. The Kier molecular flexibility index (Phi) is 6.54. The van der Waals surface area contributed by atoms with Crippen molar-refractivity contribution in [3.63, 3.8) is 0 Å². The topological polar surface area (TPSA) is 9.86 Å². The molecular formula is C40H26F6N2. The Balaban J connectivity index is 1.66. The van der Waals surface area contributed by atoms with E-state index in [1.165, 1.54) is 24.3 Å². The Morgan fingerprint density at radius 1 is 0.458 bits per heavy atom. The zero-order chi connectivity index (χ0) is 33.5. The molecule has 0 fully saturated rings. The molecule has 48 heavy (non-hydrogen) atoms. The van der Waals surface area contributed by atoms with Gasteiger partial charge >= 0.3 is 12.4 Å². The van der Waals surface area contributed by atoms with Gasteiger partial charge in [-0.3, -0.25) is 0 Å². The third-order valence-electron chi connectivity index (χ3n) is 9.20. The van der Waals surface area contributed by atoms with Crippen LogP contribution in [0.3, 0.4) is 0 Å². The van der Waals surface area contributed by atoms with Gasteiger partial charge in [0.15, 0.2) is 0 Å². The lowest BCUT2D eigenvalue weighted by Crippen LogP contribution is -2.16. The van der Waals surface area contributed by atoms with Crippen molar-refractivity contribution < 1.29 is 26.3 Å². The van der Waals surface area contributed by atoms with E-state index in [0.717, 1.165) is 44.8 Å². The van der Waals surface area contributed by atoms with Crippen LogP contribution in [-0.2, 0) is 12.4 Å². The zero-order valence-electron chi connectivity index (χ0n) is 25.7. The molecule has 2 nitrogen and oxygen atoms in total. The number of hydrogen-bond acceptors (Lipinski definition) is 0. The van der Waals surface area contributed by atoms with Crippen molar-refractivity contribution >= 4 is 43.6 Å². The molecule has 0 atom stereocenters. The summed E-state index contributed by atoms with van der Waals surface area (Å²) in [4.78, 5) is 0. The van der Waals surface area contributed by atoms with Gasteiger partial charge in [0, 0.05) is 21.5 Å². The van der Waals surface area contributed by atoms with Crippen molar-refractivity contribution in [3.05, 3.63) is 144 Å². The molecule has 0 saturated carbocycles. The first kappa shape index (κ1) is 29.9. The number of hydrogen-bond donors (Lipinski definition) is 0. The van der Waals surface area contributed by atoms with Crippen LogP contribution in [0.1, 0.15) is 22.3 Å². The molecule has 238 valence electrons. The number of aryl methyl sites for hydroxylation is 2. The number of fused-ring (bicyclic) bond motifs is 6. The monoisotopic (exact) mass is 648 g/mol. The summed E-state index contributed by atoms with van der Waals surface area (Å²) in [5, 5.41) is 3.18. The molecule has 0 unspecified atom stereocenters. The number of aromatic nitrogens is 2. The van der Waals surface area contributed by atoms with Gasteiger partial charge in [0.25, 0.3) is 0 Å². The van der Waals surface area contributed by atoms with Crippen molar-refractivity contribution in [2.45, 2.75) is 26.2 Å². The fourth-order valence-corrected chi connectivity index (χ4v) is 7.24. The molecule has 0 spiro atoms. The van der Waals surface area contributed by atoms with Crippen LogP contribution in [0.25, 0.3) is 66.1 Å². The van der Waals surface area contributed by atoms with Crippen molar-refractivity contribution in [2.75, 3.05) is 0 Å². The van der Waals surface area contributed by atoms with Crippen LogP contribution in [-0.4, -0.2) is 9.13 Å². The summed E-state index contributed by atoms with van der Waals surface area (Å²) in [5.74, 6) is 0. The minimum atomic E-state index is -4.94. The third-order valence-corrected chi connectivity index (χ3v) is 9.20. The molecule has 0 amide bonds. The quantitative estimate of drug-likeness (QED) is 0.169. The van der Waals surface area contributed by atoms with Gasteiger partial charge in [-0.15, -0.1) is 0 Å². The van der Waals surface area contributed by atoms with Gasteiger partial charge in [0.1, 0.15) is 0 Å². The first-order chi connectivity index (χ1) is 22.9. The van der Waals surface area contributed by atoms with Crippen LogP contribution in [0.2, 0.25) is 0 Å². The van der Waals surface area contributed by atoms with E-state index in [4.69, 9.17) is 0 Å². The highest BCUT2D eigenvalue weighted by molar-refractivity contribution is 6.13. The average Bonchev–Trinajstić information content (AvgIpc) is 3.58. The molecule has 8 aromatic rings. The first-order valence-corrected chi connectivity index (χ1v) is 15.4. The van der Waals surface area contributed by atoms with Crippen molar-refractivity contribution in [1.82, 2.24) is 9.13 Å². The lowest BCUT2D eigenvalue weighted by atomic mass is 9.95. The highest BCUT2D eigenvalue weighted by atomic mass is 19.4. The van der Waals surface area contributed by atoms with Crippen molar-refractivity contribution in [1.29, 1.82) is 0 Å². The SMILES string of the molecule is Cc1cccc2c3ccccc3n(-c3cc(-c4ccccc4C(F)(F)F)cc(C(F)(F)F)c3-n3c4ccccc4c4cccc(C)c43)c12. The minimum absolute atomic E-state index is 0.114. The van der Waals surface area contributed by atoms with Gasteiger partial charge in [-0.05, 0) is 66.4 Å². The lowest BCUT2D eigenvalue weighted by molar-refractivity contribution is -0.137. The number of rotatable bonds is 3. The Morgan fingerprint density at radius 2 is 0.938 bits per heavy atom. The summed E-state index contributed by atoms with van der Waals surface area (Å²) in [6.07, 6.45) is -9.73. The summed E-state index contributed by atoms with van der Waals surface area (Å²) in [5.41, 5.74) is 1.38. The second-order valence-electron chi connectivity index (χ2n) is 12.1. The standard InChI is InChI=1S/C40H26F6N2/c1-23-11-9-16-29-27-14-4-7-19-33(27)47(36(23)29)35-22-25(26-13-3-6-18-31(26)39(41,42)43)21-32(40(44,45)46)38(35)48-34-20-8-5-15-28(34)30-17-10-12-24(2)37(30)48/h3-22H,1-2H3. The smallest absolute Gasteiger partial charge is 0.307 e. The summed E-state index contributed by atoms with van der Waals surface area (Å²) in [7, 11) is 0. The second kappa shape index (κ2) is 10.5. The van der Waals surface area contributed by atoms with Gasteiger partial charge in [-0.1, -0.05) is 91.0 Å². The van der Waals surface area contributed by atoms with Crippen molar-refractivity contribution in [2.24, 2.45) is 0 Å². The Bertz CT molecular complexity index is 2560. The summed E-state index contributed by atoms with van der Waals surface area (Å²) in [6.45, 7) is 3.73. The van der Waals surface area contributed by atoms with E-state index in [1.807, 2.05) is 86.6 Å². The third kappa shape index (κ3) is 4.43. The van der Waals surface area contributed by atoms with E-state index >= 15 is 13.2 Å². The molecule has 8 heteroatoms. The molecule has 0 saturated heterocycles. The van der Waals surface area contributed by atoms with E-state index in [9.17, 15) is 13.2 Å². The zero-order valence-corrected chi connectivity index (χ0v) is 25.7. The van der Waals surface area contributed by atoms with Crippen LogP contribution in [0.15, 0.2) is 121 Å². The minimum Gasteiger partial charge on any atom is -0.307 e. The van der Waals surface area contributed by atoms with E-state index in [0.29, 0.717) is 22.1 Å². The van der Waals surface area contributed by atoms with Gasteiger partial charge in [0.05, 0.1) is 44.6 Å². The van der Waals surface area contributed by atoms with E-state index in [2.05, 4.69) is 0 Å². The molecule has 0 aliphatic rings. The fraction of sp³-hybridized carbons (Fsp3) is 0.100. The molecule has 0 radical (unpaired) electrons. The molecule has 6 aromatic carbocycles. The maximum Gasteiger partial charge on any atom is 0.418 e. The first-order valence-electron chi connectivity index (χ1n) is 15.4. The summed E-state index contributed by atoms with van der Waals surface area (Å²) < 4.78 is 93.5. The van der Waals surface area contributed by atoms with Gasteiger partial charge in [-0.2, -0.15) is 26.3 Å². The molecule has 0 aliphatic heterocycles. The Morgan fingerprint density at radius 3 is 1.52 bits per heavy atom. The summed E-state index contributed by atoms with van der Waals surface area (Å²) >= 11 is 0. The van der Waals surface area contributed by atoms with E-state index in [-0.39, 0.29) is 22.5 Å². The van der Waals surface area contributed by atoms with Crippen LogP contribution in [0.5, 0.6) is 0 Å². The second-order valence-corrected chi connectivity index (χ2v) is 12.1. The van der Waals surface area contributed by atoms with Crippen LogP contribution in [0, 0.1) is 13.8 Å². The van der Waals surface area contributed by atoms with E-state index in [1.54, 1.807) is 21.3 Å². The highest BCUT2D eigenvalue weighted by Crippen LogP contribution is 2.47. The normalized spacial score (nSPS) is 12.6. The van der Waals surface area contributed by atoms with Gasteiger partial charge in [-0.25, -0.2) is 0 Å². The molecular weight excluding hydrogens is 622 g/mol. The van der Waals surface area contributed by atoms with Crippen LogP contribution in [0.4, 0.5) is 26.3 Å².